The normalized spacial score (nSPS) is 11.2. The molecule has 2 N–H and O–H groups in total. The molecule has 4 aromatic rings. The van der Waals surface area contributed by atoms with E-state index in [1.54, 1.807) is 42.5 Å². The quantitative estimate of drug-likeness (QED) is 0.132. The zero-order valence-electron chi connectivity index (χ0n) is 20.1. The number of carbonyl (C=O) groups excluding carboxylic acids is 2. The molecule has 192 valence electrons. The number of hydrogen-bond acceptors (Lipinski definition) is 6. The highest BCUT2D eigenvalue weighted by Gasteiger charge is 2.14. The molecule has 4 rings (SSSR count). The van der Waals surface area contributed by atoms with Crippen molar-refractivity contribution in [2.75, 3.05) is 4.72 Å². The molecule has 0 aliphatic carbocycles. The summed E-state index contributed by atoms with van der Waals surface area (Å²) in [5.74, 6) is -0.548. The van der Waals surface area contributed by atoms with Crippen molar-refractivity contribution in [2.45, 2.75) is 11.8 Å². The van der Waals surface area contributed by atoms with E-state index in [1.807, 2.05) is 13.0 Å². The number of nitrogens with zero attached hydrogens (tertiary/aromatic N) is 1. The maximum absolute atomic E-state index is 12.5. The molecule has 0 saturated carbocycles. The highest BCUT2D eigenvalue weighted by atomic mass is 35.5. The van der Waals surface area contributed by atoms with Gasteiger partial charge in [-0.1, -0.05) is 29.3 Å². The van der Waals surface area contributed by atoms with Gasteiger partial charge in [-0.3, -0.25) is 9.52 Å². The molecule has 0 aliphatic heterocycles. The van der Waals surface area contributed by atoms with Crippen LogP contribution in [0, 0.1) is 6.92 Å². The number of nitrogens with one attached hydrogen (secondary N) is 2. The summed E-state index contributed by atoms with van der Waals surface area (Å²) in [6, 6.07) is 25.4. The first-order valence-corrected chi connectivity index (χ1v) is 13.2. The molecule has 0 atom stereocenters. The predicted molar refractivity (Wildman–Crippen MR) is 146 cm³/mol. The second kappa shape index (κ2) is 11.7. The number of hydrazone groups is 1. The summed E-state index contributed by atoms with van der Waals surface area (Å²) in [6.45, 7) is 1.90. The van der Waals surface area contributed by atoms with Crippen LogP contribution in [-0.2, 0) is 10.0 Å². The van der Waals surface area contributed by atoms with Gasteiger partial charge in [0.05, 0.1) is 16.7 Å². The van der Waals surface area contributed by atoms with E-state index in [2.05, 4.69) is 15.2 Å². The number of ether oxygens (including phenoxy) is 1. The van der Waals surface area contributed by atoms with Gasteiger partial charge in [0.2, 0.25) is 0 Å². The maximum Gasteiger partial charge on any atom is 0.343 e. The molecule has 4 aromatic carbocycles. The third-order valence-corrected chi connectivity index (χ3v) is 6.90. The lowest BCUT2D eigenvalue weighted by Gasteiger charge is -2.09. The molecule has 0 heterocycles. The van der Waals surface area contributed by atoms with E-state index in [0.717, 1.165) is 5.56 Å². The molecular weight excluding hydrogens is 526 g/mol. The highest BCUT2D eigenvalue weighted by molar-refractivity contribution is 7.92. The van der Waals surface area contributed by atoms with Crippen molar-refractivity contribution in [1.29, 1.82) is 0 Å². The molecule has 1 amide bonds. The third kappa shape index (κ3) is 7.06. The molecule has 8 nitrogen and oxygen atoms in total. The largest absolute Gasteiger partial charge is 0.423 e. The Morgan fingerprint density at radius 1 is 0.868 bits per heavy atom. The summed E-state index contributed by atoms with van der Waals surface area (Å²) in [7, 11) is -3.79. The van der Waals surface area contributed by atoms with Gasteiger partial charge in [-0.05, 0) is 97.4 Å². The first-order chi connectivity index (χ1) is 18.2. The summed E-state index contributed by atoms with van der Waals surface area (Å²) in [5.41, 5.74) is 5.09. The molecule has 0 spiro atoms. The summed E-state index contributed by atoms with van der Waals surface area (Å²) in [5, 5.41) is 4.37. The van der Waals surface area contributed by atoms with Crippen LogP contribution in [0.4, 0.5) is 5.69 Å². The van der Waals surface area contributed by atoms with Crippen molar-refractivity contribution in [3.8, 4) is 5.75 Å². The van der Waals surface area contributed by atoms with Crippen molar-refractivity contribution in [3.63, 3.8) is 0 Å². The molecule has 0 saturated heterocycles. The van der Waals surface area contributed by atoms with E-state index < -0.39 is 21.9 Å². The minimum Gasteiger partial charge on any atom is -0.423 e. The number of anilines is 1. The second-order valence-corrected chi connectivity index (χ2v) is 10.3. The van der Waals surface area contributed by atoms with E-state index >= 15 is 0 Å². The molecule has 38 heavy (non-hydrogen) atoms. The molecule has 0 fully saturated rings. The van der Waals surface area contributed by atoms with Gasteiger partial charge in [0.1, 0.15) is 5.75 Å². The van der Waals surface area contributed by atoms with Crippen molar-refractivity contribution in [2.24, 2.45) is 5.10 Å². The van der Waals surface area contributed by atoms with E-state index in [1.165, 1.54) is 54.7 Å². The van der Waals surface area contributed by atoms with Crippen molar-refractivity contribution < 1.29 is 22.7 Å². The van der Waals surface area contributed by atoms with Gasteiger partial charge in [0.15, 0.2) is 0 Å². The van der Waals surface area contributed by atoms with Gasteiger partial charge < -0.3 is 4.74 Å². The fourth-order valence-corrected chi connectivity index (χ4v) is 4.49. The lowest BCUT2D eigenvalue weighted by molar-refractivity contribution is 0.0734. The van der Waals surface area contributed by atoms with Gasteiger partial charge in [-0.25, -0.2) is 18.6 Å². The number of aryl methyl sites for hydroxylation is 1. The Hall–Kier alpha value is -4.47. The fourth-order valence-electron chi connectivity index (χ4n) is 3.31. The Morgan fingerprint density at radius 2 is 1.55 bits per heavy atom. The maximum atomic E-state index is 12.5. The summed E-state index contributed by atoms with van der Waals surface area (Å²) in [6.07, 6.45) is 1.44. The summed E-state index contributed by atoms with van der Waals surface area (Å²) in [4.78, 5) is 24.7. The van der Waals surface area contributed by atoms with Gasteiger partial charge in [0, 0.05) is 16.3 Å². The number of benzene rings is 4. The number of amides is 1. The van der Waals surface area contributed by atoms with Gasteiger partial charge in [-0.2, -0.15) is 5.10 Å². The second-order valence-electron chi connectivity index (χ2n) is 8.16. The Balaban J connectivity index is 1.30. The topological polar surface area (TPSA) is 114 Å². The predicted octanol–water partition coefficient (Wildman–Crippen LogP) is 5.43. The molecule has 0 aromatic heterocycles. The van der Waals surface area contributed by atoms with Crippen LogP contribution in [0.1, 0.15) is 31.8 Å². The number of hydrogen-bond donors (Lipinski definition) is 2. The third-order valence-electron chi connectivity index (χ3n) is 5.25. The van der Waals surface area contributed by atoms with Gasteiger partial charge >= 0.3 is 5.97 Å². The summed E-state index contributed by atoms with van der Waals surface area (Å²) < 4.78 is 32.8. The van der Waals surface area contributed by atoms with Crippen LogP contribution in [0.25, 0.3) is 0 Å². The molecule has 0 unspecified atom stereocenters. The monoisotopic (exact) mass is 547 g/mol. The number of rotatable bonds is 8. The van der Waals surface area contributed by atoms with E-state index in [0.29, 0.717) is 27.6 Å². The number of carbonyl (C=O) groups is 2. The molecule has 0 aliphatic rings. The van der Waals surface area contributed by atoms with Crippen LogP contribution in [0.3, 0.4) is 0 Å². The van der Waals surface area contributed by atoms with Crippen molar-refractivity contribution in [1.82, 2.24) is 5.43 Å². The van der Waals surface area contributed by atoms with Gasteiger partial charge in [-0.15, -0.1) is 0 Å². The van der Waals surface area contributed by atoms with Crippen LogP contribution in [0.5, 0.6) is 5.75 Å². The first-order valence-electron chi connectivity index (χ1n) is 11.3. The number of sulfonamides is 1. The zero-order chi connectivity index (χ0) is 27.1. The zero-order valence-corrected chi connectivity index (χ0v) is 21.7. The van der Waals surface area contributed by atoms with Crippen LogP contribution in [0.15, 0.2) is 107 Å². The Morgan fingerprint density at radius 3 is 2.21 bits per heavy atom. The van der Waals surface area contributed by atoms with Gasteiger partial charge in [0.25, 0.3) is 15.9 Å². The Labute approximate surface area is 225 Å². The van der Waals surface area contributed by atoms with Crippen LogP contribution in [-0.4, -0.2) is 26.5 Å². The standard InChI is InChI=1S/C28H22ClN3O5S/c1-19-3-2-4-22(17-19)28(34)37-25-13-5-20(6-14-25)18-30-31-27(33)21-7-11-24(12-8-21)32-38(35,36)26-15-9-23(29)10-16-26/h2-18,32H,1H3,(H,31,33)/b30-18+. The van der Waals surface area contributed by atoms with Crippen molar-refractivity contribution in [3.05, 3.63) is 124 Å². The smallest absolute Gasteiger partial charge is 0.343 e. The minimum absolute atomic E-state index is 0.0653. The number of halogens is 1. The first kappa shape index (κ1) is 26.6. The minimum atomic E-state index is -3.79. The Bertz CT molecular complexity index is 1590. The molecule has 0 bridgehead atoms. The lowest BCUT2D eigenvalue weighted by atomic mass is 10.1. The van der Waals surface area contributed by atoms with E-state index in [-0.39, 0.29) is 10.5 Å². The van der Waals surface area contributed by atoms with Crippen LogP contribution < -0.4 is 14.9 Å². The average Bonchev–Trinajstić information content (AvgIpc) is 2.90. The molecule has 0 radical (unpaired) electrons. The Kier molecular flexibility index (Phi) is 8.20. The van der Waals surface area contributed by atoms with E-state index in [9.17, 15) is 18.0 Å². The molecule has 10 heteroatoms. The SMILES string of the molecule is Cc1cccc(C(=O)Oc2ccc(/C=N/NC(=O)c3ccc(NS(=O)(=O)c4ccc(Cl)cc4)cc3)cc2)c1. The van der Waals surface area contributed by atoms with Crippen molar-refractivity contribution >= 4 is 45.4 Å². The fraction of sp³-hybridized carbons (Fsp3) is 0.0357. The average molecular weight is 548 g/mol. The highest BCUT2D eigenvalue weighted by Crippen LogP contribution is 2.19. The number of esters is 1. The van der Waals surface area contributed by atoms with Crippen LogP contribution in [0.2, 0.25) is 5.02 Å². The molecular formula is C28H22ClN3O5S. The lowest BCUT2D eigenvalue weighted by Crippen LogP contribution is -2.18. The van der Waals surface area contributed by atoms with E-state index in [4.69, 9.17) is 16.3 Å². The van der Waals surface area contributed by atoms with Crippen LogP contribution >= 0.6 is 11.6 Å². The summed E-state index contributed by atoms with van der Waals surface area (Å²) >= 11 is 5.81.